The van der Waals surface area contributed by atoms with Crippen molar-refractivity contribution in [3.05, 3.63) is 35.6 Å². The maximum absolute atomic E-state index is 12.7. The van der Waals surface area contributed by atoms with Crippen LogP contribution in [0.25, 0.3) is 0 Å². The molecule has 1 aliphatic rings. The maximum atomic E-state index is 12.7. The Kier molecular flexibility index (Phi) is 3.43. The van der Waals surface area contributed by atoms with Gasteiger partial charge in [0, 0.05) is 19.2 Å². The van der Waals surface area contributed by atoms with Crippen molar-refractivity contribution < 1.29 is 13.9 Å². The molecule has 0 radical (unpaired) electrons. The summed E-state index contributed by atoms with van der Waals surface area (Å²) in [6.45, 7) is 0.514. The van der Waals surface area contributed by atoms with Gasteiger partial charge in [-0.1, -0.05) is 0 Å². The van der Waals surface area contributed by atoms with Crippen LogP contribution >= 0.6 is 0 Å². The second kappa shape index (κ2) is 4.84. The fraction of sp³-hybridized carbons (Fsp3) is 0.462. The molecule has 0 heterocycles. The third-order valence-electron chi connectivity index (χ3n) is 3.38. The molecule has 0 bridgehead atoms. The van der Waals surface area contributed by atoms with E-state index in [1.54, 1.807) is 7.11 Å². The van der Waals surface area contributed by atoms with Gasteiger partial charge < -0.3 is 10.1 Å². The molecule has 1 aliphatic carbocycles. The SMILES string of the molecule is COC1(CNC(=O)c2ccc(F)cc2)CCC1. The zero-order chi connectivity index (χ0) is 12.3. The second-order valence-corrected chi connectivity index (χ2v) is 4.43. The van der Waals surface area contributed by atoms with Gasteiger partial charge in [-0.2, -0.15) is 0 Å². The normalized spacial score (nSPS) is 17.3. The van der Waals surface area contributed by atoms with Gasteiger partial charge in [-0.05, 0) is 43.5 Å². The summed E-state index contributed by atoms with van der Waals surface area (Å²) in [7, 11) is 1.67. The van der Waals surface area contributed by atoms with Crippen molar-refractivity contribution in [1.29, 1.82) is 0 Å². The number of rotatable bonds is 4. The summed E-state index contributed by atoms with van der Waals surface area (Å²) in [5.41, 5.74) is 0.285. The fourth-order valence-electron chi connectivity index (χ4n) is 1.97. The molecule has 2 rings (SSSR count). The van der Waals surface area contributed by atoms with Crippen LogP contribution in [0.2, 0.25) is 0 Å². The third kappa shape index (κ3) is 2.64. The summed E-state index contributed by atoms with van der Waals surface area (Å²) in [6, 6.07) is 5.52. The molecule has 0 spiro atoms. The highest BCUT2D eigenvalue weighted by atomic mass is 19.1. The van der Waals surface area contributed by atoms with E-state index < -0.39 is 0 Å². The first-order chi connectivity index (χ1) is 8.15. The largest absolute Gasteiger partial charge is 0.376 e. The minimum atomic E-state index is -0.339. The molecular formula is C13H16FNO2. The van der Waals surface area contributed by atoms with Crippen molar-refractivity contribution in [2.45, 2.75) is 24.9 Å². The third-order valence-corrected chi connectivity index (χ3v) is 3.38. The zero-order valence-electron chi connectivity index (χ0n) is 9.83. The number of ether oxygens (including phenoxy) is 1. The summed E-state index contributed by atoms with van der Waals surface area (Å²) in [5, 5.41) is 2.83. The van der Waals surface area contributed by atoms with E-state index in [0.717, 1.165) is 19.3 Å². The van der Waals surface area contributed by atoms with Crippen LogP contribution in [-0.4, -0.2) is 25.2 Å². The molecule has 0 unspecified atom stereocenters. The minimum Gasteiger partial charge on any atom is -0.376 e. The number of amides is 1. The lowest BCUT2D eigenvalue weighted by Crippen LogP contribution is -2.49. The Morgan fingerprint density at radius 1 is 1.41 bits per heavy atom. The molecule has 1 N–H and O–H groups in total. The van der Waals surface area contributed by atoms with Gasteiger partial charge in [0.1, 0.15) is 5.82 Å². The Hall–Kier alpha value is -1.42. The summed E-state index contributed by atoms with van der Waals surface area (Å²) in [5.74, 6) is -0.526. The Morgan fingerprint density at radius 2 is 2.06 bits per heavy atom. The lowest BCUT2D eigenvalue weighted by atomic mass is 9.80. The number of nitrogens with one attached hydrogen (secondary N) is 1. The summed E-state index contributed by atoms with van der Waals surface area (Å²) in [4.78, 5) is 11.8. The number of hydrogen-bond donors (Lipinski definition) is 1. The first-order valence-corrected chi connectivity index (χ1v) is 5.74. The minimum absolute atomic E-state index is 0.185. The number of methoxy groups -OCH3 is 1. The van der Waals surface area contributed by atoms with Gasteiger partial charge in [0.25, 0.3) is 5.91 Å². The lowest BCUT2D eigenvalue weighted by molar-refractivity contribution is -0.0679. The number of hydrogen-bond acceptors (Lipinski definition) is 2. The first kappa shape index (κ1) is 12.0. The monoisotopic (exact) mass is 237 g/mol. The van der Waals surface area contributed by atoms with Gasteiger partial charge in [0.05, 0.1) is 5.60 Å². The van der Waals surface area contributed by atoms with Gasteiger partial charge in [-0.25, -0.2) is 4.39 Å². The number of halogens is 1. The van der Waals surface area contributed by atoms with E-state index in [0.29, 0.717) is 12.1 Å². The van der Waals surface area contributed by atoms with Crippen molar-refractivity contribution in [1.82, 2.24) is 5.32 Å². The van der Waals surface area contributed by atoms with Gasteiger partial charge in [0.2, 0.25) is 0 Å². The molecule has 1 fully saturated rings. The van der Waals surface area contributed by atoms with Crippen LogP contribution in [0.4, 0.5) is 4.39 Å². The Bertz CT molecular complexity index is 393. The molecule has 0 atom stereocenters. The van der Waals surface area contributed by atoms with Crippen LogP contribution in [0, 0.1) is 5.82 Å². The lowest BCUT2D eigenvalue weighted by Gasteiger charge is -2.40. The molecule has 17 heavy (non-hydrogen) atoms. The van der Waals surface area contributed by atoms with E-state index in [4.69, 9.17) is 4.74 Å². The van der Waals surface area contributed by atoms with Gasteiger partial charge >= 0.3 is 0 Å². The van der Waals surface area contributed by atoms with Gasteiger partial charge in [-0.3, -0.25) is 4.79 Å². The highest BCUT2D eigenvalue weighted by molar-refractivity contribution is 5.94. The average molecular weight is 237 g/mol. The molecule has 0 saturated heterocycles. The van der Waals surface area contributed by atoms with E-state index >= 15 is 0 Å². The molecule has 4 heteroatoms. The van der Waals surface area contributed by atoms with Crippen LogP contribution < -0.4 is 5.32 Å². The Balaban J connectivity index is 1.91. The standard InChI is InChI=1S/C13H16FNO2/c1-17-13(7-2-8-13)9-15-12(16)10-3-5-11(14)6-4-10/h3-6H,2,7-9H2,1H3,(H,15,16). The fourth-order valence-corrected chi connectivity index (χ4v) is 1.97. The maximum Gasteiger partial charge on any atom is 0.251 e. The molecule has 1 aromatic carbocycles. The number of carbonyl (C=O) groups is 1. The molecule has 1 amide bonds. The van der Waals surface area contributed by atoms with Crippen molar-refractivity contribution in [2.24, 2.45) is 0 Å². The summed E-state index contributed by atoms with van der Waals surface area (Å²) in [6.07, 6.45) is 3.10. The smallest absolute Gasteiger partial charge is 0.251 e. The molecule has 3 nitrogen and oxygen atoms in total. The predicted octanol–water partition coefficient (Wildman–Crippen LogP) is 2.12. The van der Waals surface area contributed by atoms with Crippen LogP contribution in [0.1, 0.15) is 29.6 Å². The molecule has 92 valence electrons. The highest BCUT2D eigenvalue weighted by Crippen LogP contribution is 2.34. The molecule has 1 aromatic rings. The van der Waals surface area contributed by atoms with E-state index in [9.17, 15) is 9.18 Å². The number of benzene rings is 1. The first-order valence-electron chi connectivity index (χ1n) is 5.74. The summed E-state index contributed by atoms with van der Waals surface area (Å²) >= 11 is 0. The van der Waals surface area contributed by atoms with E-state index in [1.165, 1.54) is 24.3 Å². The molecule has 0 aromatic heterocycles. The highest BCUT2D eigenvalue weighted by Gasteiger charge is 2.37. The zero-order valence-corrected chi connectivity index (χ0v) is 9.83. The van der Waals surface area contributed by atoms with Crippen LogP contribution in [0.5, 0.6) is 0 Å². The molecular weight excluding hydrogens is 221 g/mol. The Labute approximate surface area is 100.0 Å². The van der Waals surface area contributed by atoms with Gasteiger partial charge in [-0.15, -0.1) is 0 Å². The van der Waals surface area contributed by atoms with E-state index in [2.05, 4.69) is 5.32 Å². The van der Waals surface area contributed by atoms with E-state index in [1.807, 2.05) is 0 Å². The predicted molar refractivity (Wildman–Crippen MR) is 62.3 cm³/mol. The summed E-state index contributed by atoms with van der Waals surface area (Å²) < 4.78 is 18.1. The van der Waals surface area contributed by atoms with Crippen molar-refractivity contribution in [3.63, 3.8) is 0 Å². The van der Waals surface area contributed by atoms with Crippen molar-refractivity contribution >= 4 is 5.91 Å². The van der Waals surface area contributed by atoms with E-state index in [-0.39, 0.29) is 17.3 Å². The average Bonchev–Trinajstić information content (AvgIpc) is 2.29. The molecule has 1 saturated carbocycles. The van der Waals surface area contributed by atoms with Crippen LogP contribution in [0.3, 0.4) is 0 Å². The topological polar surface area (TPSA) is 38.3 Å². The Morgan fingerprint density at radius 3 is 2.53 bits per heavy atom. The second-order valence-electron chi connectivity index (χ2n) is 4.43. The van der Waals surface area contributed by atoms with Crippen molar-refractivity contribution in [2.75, 3.05) is 13.7 Å². The number of carbonyl (C=O) groups excluding carboxylic acids is 1. The van der Waals surface area contributed by atoms with Gasteiger partial charge in [0.15, 0.2) is 0 Å². The van der Waals surface area contributed by atoms with Crippen LogP contribution in [0.15, 0.2) is 24.3 Å². The molecule has 0 aliphatic heterocycles. The van der Waals surface area contributed by atoms with Crippen molar-refractivity contribution in [3.8, 4) is 0 Å². The van der Waals surface area contributed by atoms with Crippen LogP contribution in [-0.2, 0) is 4.74 Å². The quantitative estimate of drug-likeness (QED) is 0.871.